The van der Waals surface area contributed by atoms with Gasteiger partial charge in [-0.3, -0.25) is 14.7 Å². The van der Waals surface area contributed by atoms with Crippen molar-refractivity contribution in [2.75, 3.05) is 44.2 Å². The molecular formula is C23H32N4O. The van der Waals surface area contributed by atoms with Crippen molar-refractivity contribution in [3.8, 4) is 0 Å². The molecule has 0 bridgehead atoms. The van der Waals surface area contributed by atoms with E-state index in [2.05, 4.69) is 54.8 Å². The average molecular weight is 381 g/mol. The van der Waals surface area contributed by atoms with Gasteiger partial charge in [-0.15, -0.1) is 0 Å². The van der Waals surface area contributed by atoms with E-state index in [0.29, 0.717) is 5.91 Å². The fourth-order valence-electron chi connectivity index (χ4n) is 4.83. The summed E-state index contributed by atoms with van der Waals surface area (Å²) in [7, 11) is 0. The molecule has 1 amide bonds. The first-order valence-corrected chi connectivity index (χ1v) is 10.8. The number of carbonyl (C=O) groups is 1. The average Bonchev–Trinajstić information content (AvgIpc) is 3.26. The monoisotopic (exact) mass is 380 g/mol. The lowest BCUT2D eigenvalue weighted by Gasteiger charge is -2.40. The number of para-hydroxylation sites is 1. The van der Waals surface area contributed by atoms with E-state index in [4.69, 9.17) is 4.98 Å². The second-order valence-corrected chi connectivity index (χ2v) is 8.13. The molecule has 1 unspecified atom stereocenters. The van der Waals surface area contributed by atoms with E-state index in [9.17, 15) is 4.79 Å². The van der Waals surface area contributed by atoms with Crippen molar-refractivity contribution in [2.45, 2.75) is 46.1 Å². The fraction of sp³-hybridized carbons (Fsp3) is 0.565. The standard InChI is InChI=1S/C23H32N4O/c1-4-19-17(2)24-21-10-6-5-9-20(21)22(19)26-15-13-25(14-16-26)18(3)23(28)27-11-7-8-12-27/h5-6,9-10,18H,4,7-8,11-16H2,1-3H3. The maximum atomic E-state index is 12.8. The van der Waals surface area contributed by atoms with Crippen LogP contribution in [0.15, 0.2) is 24.3 Å². The number of carbonyl (C=O) groups excluding carboxylic acids is 1. The number of piperazine rings is 1. The molecule has 5 heteroatoms. The van der Waals surface area contributed by atoms with Gasteiger partial charge in [0.05, 0.1) is 17.2 Å². The van der Waals surface area contributed by atoms with Gasteiger partial charge in [-0.1, -0.05) is 25.1 Å². The normalized spacial score (nSPS) is 19.4. The summed E-state index contributed by atoms with van der Waals surface area (Å²) < 4.78 is 0. The van der Waals surface area contributed by atoms with Crippen LogP contribution in [0.2, 0.25) is 0 Å². The van der Waals surface area contributed by atoms with Crippen LogP contribution in [0.25, 0.3) is 10.9 Å². The number of fused-ring (bicyclic) bond motifs is 1. The number of anilines is 1. The maximum absolute atomic E-state index is 12.8. The lowest BCUT2D eigenvalue weighted by Crippen LogP contribution is -2.54. The zero-order valence-electron chi connectivity index (χ0n) is 17.4. The second-order valence-electron chi connectivity index (χ2n) is 8.13. The number of benzene rings is 1. The second kappa shape index (κ2) is 8.08. The quantitative estimate of drug-likeness (QED) is 0.816. The zero-order chi connectivity index (χ0) is 19.7. The number of pyridine rings is 1. The Hall–Kier alpha value is -2.14. The summed E-state index contributed by atoms with van der Waals surface area (Å²) in [6, 6.07) is 8.46. The minimum absolute atomic E-state index is 0.0122. The molecule has 2 saturated heterocycles. The van der Waals surface area contributed by atoms with Crippen LogP contribution < -0.4 is 4.90 Å². The minimum Gasteiger partial charge on any atom is -0.368 e. The summed E-state index contributed by atoms with van der Waals surface area (Å²) >= 11 is 0. The molecule has 2 aliphatic rings. The summed E-state index contributed by atoms with van der Waals surface area (Å²) in [4.78, 5) is 24.5. The fourth-order valence-corrected chi connectivity index (χ4v) is 4.83. The molecule has 2 fully saturated rings. The van der Waals surface area contributed by atoms with Crippen molar-refractivity contribution in [2.24, 2.45) is 0 Å². The Labute approximate surface area is 168 Å². The van der Waals surface area contributed by atoms with Gasteiger partial charge in [-0.05, 0) is 44.7 Å². The van der Waals surface area contributed by atoms with Gasteiger partial charge in [0.1, 0.15) is 0 Å². The molecule has 1 aromatic heterocycles. The van der Waals surface area contributed by atoms with Gasteiger partial charge in [0, 0.05) is 50.3 Å². The van der Waals surface area contributed by atoms with Gasteiger partial charge < -0.3 is 9.80 Å². The Kier molecular flexibility index (Phi) is 5.54. The van der Waals surface area contributed by atoms with E-state index in [-0.39, 0.29) is 6.04 Å². The molecular weight excluding hydrogens is 348 g/mol. The van der Waals surface area contributed by atoms with E-state index in [1.54, 1.807) is 0 Å². The van der Waals surface area contributed by atoms with Crippen LogP contribution >= 0.6 is 0 Å². The van der Waals surface area contributed by atoms with Gasteiger partial charge in [0.25, 0.3) is 0 Å². The molecule has 0 N–H and O–H groups in total. The van der Waals surface area contributed by atoms with Gasteiger partial charge in [-0.25, -0.2) is 0 Å². The lowest BCUT2D eigenvalue weighted by atomic mass is 10.0. The van der Waals surface area contributed by atoms with E-state index < -0.39 is 0 Å². The summed E-state index contributed by atoms with van der Waals surface area (Å²) in [6.07, 6.45) is 3.30. The van der Waals surface area contributed by atoms with E-state index in [0.717, 1.165) is 69.7 Å². The topological polar surface area (TPSA) is 39.7 Å². The van der Waals surface area contributed by atoms with Crippen LogP contribution in [0.4, 0.5) is 5.69 Å². The van der Waals surface area contributed by atoms with Crippen molar-refractivity contribution < 1.29 is 4.79 Å². The first-order valence-electron chi connectivity index (χ1n) is 10.8. The molecule has 28 heavy (non-hydrogen) atoms. The molecule has 4 rings (SSSR count). The number of aromatic nitrogens is 1. The molecule has 1 aromatic carbocycles. The third-order valence-corrected chi connectivity index (χ3v) is 6.48. The number of hydrogen-bond donors (Lipinski definition) is 0. The Morgan fingerprint density at radius 1 is 1.07 bits per heavy atom. The number of rotatable bonds is 4. The van der Waals surface area contributed by atoms with Crippen LogP contribution in [0.5, 0.6) is 0 Å². The first-order chi connectivity index (χ1) is 13.6. The number of likely N-dealkylation sites (tertiary alicyclic amines) is 1. The Morgan fingerprint density at radius 3 is 2.43 bits per heavy atom. The molecule has 2 aliphatic heterocycles. The van der Waals surface area contributed by atoms with Gasteiger partial charge in [0.15, 0.2) is 0 Å². The molecule has 0 aliphatic carbocycles. The van der Waals surface area contributed by atoms with E-state index in [1.807, 2.05) is 4.90 Å². The highest BCUT2D eigenvalue weighted by molar-refractivity contribution is 5.94. The van der Waals surface area contributed by atoms with Crippen LogP contribution in [0.1, 0.15) is 37.9 Å². The third kappa shape index (κ3) is 3.48. The predicted octanol–water partition coefficient (Wildman–Crippen LogP) is 3.24. The molecule has 0 spiro atoms. The van der Waals surface area contributed by atoms with Crippen LogP contribution in [-0.2, 0) is 11.2 Å². The van der Waals surface area contributed by atoms with Crippen molar-refractivity contribution in [1.29, 1.82) is 0 Å². The maximum Gasteiger partial charge on any atom is 0.239 e. The van der Waals surface area contributed by atoms with Crippen molar-refractivity contribution in [3.63, 3.8) is 0 Å². The molecule has 2 aromatic rings. The van der Waals surface area contributed by atoms with Gasteiger partial charge in [0.2, 0.25) is 5.91 Å². The Morgan fingerprint density at radius 2 is 1.75 bits per heavy atom. The summed E-state index contributed by atoms with van der Waals surface area (Å²) in [5, 5.41) is 1.25. The van der Waals surface area contributed by atoms with Crippen molar-refractivity contribution >= 4 is 22.5 Å². The molecule has 0 saturated carbocycles. The highest BCUT2D eigenvalue weighted by Crippen LogP contribution is 2.33. The predicted molar refractivity (Wildman–Crippen MR) is 115 cm³/mol. The van der Waals surface area contributed by atoms with Crippen molar-refractivity contribution in [1.82, 2.24) is 14.8 Å². The SMILES string of the molecule is CCc1c(C)nc2ccccc2c1N1CCN(C(C)C(=O)N2CCCC2)CC1. The summed E-state index contributed by atoms with van der Waals surface area (Å²) in [6.45, 7) is 12.1. The van der Waals surface area contributed by atoms with Crippen LogP contribution in [-0.4, -0.2) is 66.0 Å². The first kappa shape index (κ1) is 19.2. The largest absolute Gasteiger partial charge is 0.368 e. The minimum atomic E-state index is -0.0122. The number of aryl methyl sites for hydroxylation is 1. The highest BCUT2D eigenvalue weighted by atomic mass is 16.2. The smallest absolute Gasteiger partial charge is 0.239 e. The third-order valence-electron chi connectivity index (χ3n) is 6.48. The summed E-state index contributed by atoms with van der Waals surface area (Å²) in [5.74, 6) is 0.311. The lowest BCUT2D eigenvalue weighted by molar-refractivity contribution is -0.135. The van der Waals surface area contributed by atoms with Gasteiger partial charge >= 0.3 is 0 Å². The van der Waals surface area contributed by atoms with E-state index in [1.165, 1.54) is 16.6 Å². The molecule has 0 radical (unpaired) electrons. The molecule has 3 heterocycles. The highest BCUT2D eigenvalue weighted by Gasteiger charge is 2.30. The molecule has 5 nitrogen and oxygen atoms in total. The number of hydrogen-bond acceptors (Lipinski definition) is 4. The zero-order valence-corrected chi connectivity index (χ0v) is 17.4. The molecule has 1 atom stereocenters. The number of nitrogens with zero attached hydrogens (tertiary/aromatic N) is 4. The Balaban J connectivity index is 1.53. The van der Waals surface area contributed by atoms with E-state index >= 15 is 0 Å². The number of amides is 1. The summed E-state index contributed by atoms with van der Waals surface area (Å²) in [5.41, 5.74) is 4.92. The van der Waals surface area contributed by atoms with Crippen molar-refractivity contribution in [3.05, 3.63) is 35.5 Å². The van der Waals surface area contributed by atoms with Crippen LogP contribution in [0.3, 0.4) is 0 Å². The van der Waals surface area contributed by atoms with Gasteiger partial charge in [-0.2, -0.15) is 0 Å². The molecule has 150 valence electrons. The Bertz CT molecular complexity index is 851. The van der Waals surface area contributed by atoms with Crippen LogP contribution in [0, 0.1) is 6.92 Å².